The van der Waals surface area contributed by atoms with E-state index in [4.69, 9.17) is 4.99 Å². The lowest BCUT2D eigenvalue weighted by Gasteiger charge is -2.28. The normalized spacial score (nSPS) is 18.4. The van der Waals surface area contributed by atoms with Gasteiger partial charge in [0.05, 0.1) is 11.9 Å². The Balaban J connectivity index is 1.87. The third kappa shape index (κ3) is 3.73. The standard InChI is InChI=1S/C19H23N3/c1-22-14-6-5-9-19(22)21-18(17-10-12-20-13-11-17)15-16-7-3-2-4-8-16/h2-4,7-8,10-13,18H,5-6,9,14-15H2,1H3. The van der Waals surface area contributed by atoms with Crippen molar-refractivity contribution in [1.82, 2.24) is 9.88 Å². The van der Waals surface area contributed by atoms with Gasteiger partial charge in [0.15, 0.2) is 0 Å². The Morgan fingerprint density at radius 2 is 1.86 bits per heavy atom. The van der Waals surface area contributed by atoms with Gasteiger partial charge in [0.1, 0.15) is 0 Å². The van der Waals surface area contributed by atoms with E-state index in [0.717, 1.165) is 19.4 Å². The van der Waals surface area contributed by atoms with Gasteiger partial charge in [-0.3, -0.25) is 9.98 Å². The number of piperidine rings is 1. The van der Waals surface area contributed by atoms with Crippen LogP contribution in [0.1, 0.15) is 36.4 Å². The van der Waals surface area contributed by atoms with E-state index >= 15 is 0 Å². The Hall–Kier alpha value is -2.16. The van der Waals surface area contributed by atoms with E-state index in [-0.39, 0.29) is 6.04 Å². The van der Waals surface area contributed by atoms with Gasteiger partial charge in [0, 0.05) is 32.4 Å². The maximum atomic E-state index is 5.10. The topological polar surface area (TPSA) is 28.5 Å². The van der Waals surface area contributed by atoms with Crippen molar-refractivity contribution in [2.75, 3.05) is 13.6 Å². The minimum absolute atomic E-state index is 0.168. The molecule has 0 saturated carbocycles. The Morgan fingerprint density at radius 1 is 1.09 bits per heavy atom. The number of hydrogen-bond acceptors (Lipinski definition) is 2. The maximum absolute atomic E-state index is 5.10. The molecule has 3 heteroatoms. The molecule has 1 unspecified atom stereocenters. The monoisotopic (exact) mass is 293 g/mol. The van der Waals surface area contributed by atoms with Crippen molar-refractivity contribution < 1.29 is 0 Å². The summed E-state index contributed by atoms with van der Waals surface area (Å²) in [5, 5.41) is 0. The molecule has 0 radical (unpaired) electrons. The van der Waals surface area contributed by atoms with Crippen LogP contribution in [-0.4, -0.2) is 29.3 Å². The van der Waals surface area contributed by atoms with Gasteiger partial charge in [-0.15, -0.1) is 0 Å². The first kappa shape index (κ1) is 14.8. The van der Waals surface area contributed by atoms with Crippen LogP contribution in [0.15, 0.2) is 59.9 Å². The fraction of sp³-hybridized carbons (Fsp3) is 0.368. The third-order valence-corrected chi connectivity index (χ3v) is 4.25. The lowest BCUT2D eigenvalue weighted by Crippen LogP contribution is -2.32. The molecule has 0 aliphatic carbocycles. The second-order valence-corrected chi connectivity index (χ2v) is 5.91. The molecule has 1 aliphatic rings. The number of nitrogens with zero attached hydrogens (tertiary/aromatic N) is 3. The Labute approximate surface area is 132 Å². The molecule has 114 valence electrons. The van der Waals surface area contributed by atoms with Crippen LogP contribution in [0.25, 0.3) is 0 Å². The van der Waals surface area contributed by atoms with E-state index in [9.17, 15) is 0 Å². The summed E-state index contributed by atoms with van der Waals surface area (Å²) < 4.78 is 0. The number of pyridine rings is 1. The molecular formula is C19H23N3. The van der Waals surface area contributed by atoms with Crippen LogP contribution in [0.2, 0.25) is 0 Å². The predicted octanol–water partition coefficient (Wildman–Crippen LogP) is 3.88. The third-order valence-electron chi connectivity index (χ3n) is 4.25. The largest absolute Gasteiger partial charge is 0.363 e. The zero-order valence-corrected chi connectivity index (χ0v) is 13.2. The Kier molecular flexibility index (Phi) is 4.84. The number of aromatic nitrogens is 1. The molecule has 1 atom stereocenters. The predicted molar refractivity (Wildman–Crippen MR) is 91.0 cm³/mol. The summed E-state index contributed by atoms with van der Waals surface area (Å²) in [6.07, 6.45) is 8.26. The number of amidine groups is 1. The molecule has 0 amide bonds. The lowest BCUT2D eigenvalue weighted by molar-refractivity contribution is 0.428. The quantitative estimate of drug-likeness (QED) is 0.856. The summed E-state index contributed by atoms with van der Waals surface area (Å²) >= 11 is 0. The van der Waals surface area contributed by atoms with Gasteiger partial charge in [0.2, 0.25) is 0 Å². The van der Waals surface area contributed by atoms with Crippen molar-refractivity contribution >= 4 is 5.84 Å². The molecule has 1 saturated heterocycles. The van der Waals surface area contributed by atoms with Gasteiger partial charge < -0.3 is 4.90 Å². The van der Waals surface area contributed by atoms with Crippen LogP contribution in [0, 0.1) is 0 Å². The van der Waals surface area contributed by atoms with Crippen LogP contribution < -0.4 is 0 Å². The molecule has 2 heterocycles. The molecule has 0 spiro atoms. The molecule has 22 heavy (non-hydrogen) atoms. The van der Waals surface area contributed by atoms with Crippen LogP contribution in [0.5, 0.6) is 0 Å². The highest BCUT2D eigenvalue weighted by Gasteiger charge is 2.17. The van der Waals surface area contributed by atoms with Crippen molar-refractivity contribution in [2.24, 2.45) is 4.99 Å². The highest BCUT2D eigenvalue weighted by molar-refractivity contribution is 5.83. The van der Waals surface area contributed by atoms with Gasteiger partial charge in [-0.2, -0.15) is 0 Å². The number of rotatable bonds is 4. The van der Waals surface area contributed by atoms with E-state index in [0.29, 0.717) is 0 Å². The summed E-state index contributed by atoms with van der Waals surface area (Å²) in [7, 11) is 2.16. The molecule has 1 aromatic carbocycles. The second kappa shape index (κ2) is 7.21. The summed E-state index contributed by atoms with van der Waals surface area (Å²) in [5.74, 6) is 1.24. The van der Waals surface area contributed by atoms with Crippen molar-refractivity contribution in [1.29, 1.82) is 0 Å². The minimum Gasteiger partial charge on any atom is -0.363 e. The van der Waals surface area contributed by atoms with Gasteiger partial charge in [-0.1, -0.05) is 30.3 Å². The fourth-order valence-electron chi connectivity index (χ4n) is 2.96. The van der Waals surface area contributed by atoms with E-state index in [2.05, 4.69) is 59.4 Å². The molecule has 3 rings (SSSR count). The van der Waals surface area contributed by atoms with Crippen LogP contribution in [-0.2, 0) is 6.42 Å². The molecular weight excluding hydrogens is 270 g/mol. The van der Waals surface area contributed by atoms with E-state index in [1.807, 2.05) is 12.4 Å². The summed E-state index contributed by atoms with van der Waals surface area (Å²) in [6.45, 7) is 1.12. The summed E-state index contributed by atoms with van der Waals surface area (Å²) in [5.41, 5.74) is 2.57. The lowest BCUT2D eigenvalue weighted by atomic mass is 10.00. The average molecular weight is 293 g/mol. The molecule has 1 aromatic heterocycles. The van der Waals surface area contributed by atoms with E-state index in [1.165, 1.54) is 29.8 Å². The Bertz CT molecular complexity index is 607. The molecule has 1 aliphatic heterocycles. The van der Waals surface area contributed by atoms with Gasteiger partial charge in [-0.05, 0) is 42.5 Å². The van der Waals surface area contributed by atoms with Crippen molar-refractivity contribution in [3.05, 3.63) is 66.0 Å². The van der Waals surface area contributed by atoms with Crippen molar-refractivity contribution in [3.63, 3.8) is 0 Å². The highest BCUT2D eigenvalue weighted by atomic mass is 15.2. The van der Waals surface area contributed by atoms with Crippen LogP contribution in [0.4, 0.5) is 0 Å². The number of aliphatic imine (C=N–C) groups is 1. The minimum atomic E-state index is 0.168. The summed E-state index contributed by atoms with van der Waals surface area (Å²) in [6, 6.07) is 14.9. The van der Waals surface area contributed by atoms with Crippen LogP contribution >= 0.6 is 0 Å². The van der Waals surface area contributed by atoms with Gasteiger partial charge >= 0.3 is 0 Å². The van der Waals surface area contributed by atoms with E-state index in [1.54, 1.807) is 0 Å². The molecule has 3 nitrogen and oxygen atoms in total. The molecule has 1 fully saturated rings. The first-order valence-corrected chi connectivity index (χ1v) is 8.04. The SMILES string of the molecule is CN1CCCCC1=NC(Cc1ccccc1)c1ccncc1. The maximum Gasteiger partial charge on any atom is 0.0994 e. The fourth-order valence-corrected chi connectivity index (χ4v) is 2.96. The average Bonchev–Trinajstić information content (AvgIpc) is 2.58. The van der Waals surface area contributed by atoms with Crippen molar-refractivity contribution in [3.8, 4) is 0 Å². The highest BCUT2D eigenvalue weighted by Crippen LogP contribution is 2.24. The molecule has 0 bridgehead atoms. The van der Waals surface area contributed by atoms with Gasteiger partial charge in [-0.25, -0.2) is 0 Å². The van der Waals surface area contributed by atoms with Crippen LogP contribution in [0.3, 0.4) is 0 Å². The summed E-state index contributed by atoms with van der Waals surface area (Å²) in [4.78, 5) is 11.5. The smallest absolute Gasteiger partial charge is 0.0994 e. The second-order valence-electron chi connectivity index (χ2n) is 5.91. The molecule has 0 N–H and O–H groups in total. The van der Waals surface area contributed by atoms with Gasteiger partial charge in [0.25, 0.3) is 0 Å². The first-order valence-electron chi connectivity index (χ1n) is 8.04. The van der Waals surface area contributed by atoms with E-state index < -0.39 is 0 Å². The number of hydrogen-bond donors (Lipinski definition) is 0. The van der Waals surface area contributed by atoms with Crippen molar-refractivity contribution in [2.45, 2.75) is 31.7 Å². The Morgan fingerprint density at radius 3 is 2.59 bits per heavy atom. The zero-order valence-electron chi connectivity index (χ0n) is 13.2. The zero-order chi connectivity index (χ0) is 15.2. The number of likely N-dealkylation sites (tertiary alicyclic amines) is 1. The number of benzene rings is 1. The molecule has 2 aromatic rings. The first-order chi connectivity index (χ1) is 10.8.